The van der Waals surface area contributed by atoms with Crippen LogP contribution in [-0.4, -0.2) is 4.98 Å². The summed E-state index contributed by atoms with van der Waals surface area (Å²) in [7, 11) is 0. The minimum absolute atomic E-state index is 1.01. The molecule has 0 radical (unpaired) electrons. The third-order valence-corrected chi connectivity index (χ3v) is 3.04. The summed E-state index contributed by atoms with van der Waals surface area (Å²) in [5.41, 5.74) is 4.74. The molecular weight excluding hydrogens is 250 g/mol. The summed E-state index contributed by atoms with van der Waals surface area (Å²) in [6, 6.07) is 10.4. The van der Waals surface area contributed by atoms with E-state index in [1.807, 2.05) is 18.3 Å². The second-order valence-corrected chi connectivity index (χ2v) is 4.51. The fraction of sp³-hybridized carbons (Fsp3) is 0.154. The summed E-state index contributed by atoms with van der Waals surface area (Å²) in [5, 5.41) is 0. The van der Waals surface area contributed by atoms with E-state index < -0.39 is 0 Å². The Bertz CT molecular complexity index is 492. The van der Waals surface area contributed by atoms with Crippen LogP contribution in [0.2, 0.25) is 0 Å². The fourth-order valence-corrected chi connectivity index (χ4v) is 2.13. The number of halogens is 1. The Kier molecular flexibility index (Phi) is 2.87. The van der Waals surface area contributed by atoms with E-state index in [-0.39, 0.29) is 0 Å². The van der Waals surface area contributed by atoms with Crippen LogP contribution in [0.25, 0.3) is 11.3 Å². The highest BCUT2D eigenvalue weighted by atomic mass is 79.9. The third-order valence-electron chi connectivity index (χ3n) is 2.40. The van der Waals surface area contributed by atoms with Crippen LogP contribution >= 0.6 is 15.9 Å². The summed E-state index contributed by atoms with van der Waals surface area (Å²) in [6.07, 6.45) is 1.82. The highest BCUT2D eigenvalue weighted by molar-refractivity contribution is 9.10. The molecule has 0 bridgehead atoms. The van der Waals surface area contributed by atoms with Crippen LogP contribution in [0.1, 0.15) is 11.1 Å². The van der Waals surface area contributed by atoms with Crippen molar-refractivity contribution in [2.45, 2.75) is 13.8 Å². The Morgan fingerprint density at radius 3 is 2.60 bits per heavy atom. The maximum absolute atomic E-state index is 4.39. The zero-order chi connectivity index (χ0) is 10.8. The van der Waals surface area contributed by atoms with Gasteiger partial charge in [0.2, 0.25) is 0 Å². The Labute approximate surface area is 98.3 Å². The molecule has 2 rings (SSSR count). The van der Waals surface area contributed by atoms with Crippen LogP contribution in [0.5, 0.6) is 0 Å². The molecule has 0 spiro atoms. The monoisotopic (exact) mass is 261 g/mol. The van der Waals surface area contributed by atoms with Gasteiger partial charge in [-0.25, -0.2) is 0 Å². The summed E-state index contributed by atoms with van der Waals surface area (Å²) < 4.78 is 1.04. The molecule has 0 saturated heterocycles. The largest absolute Gasteiger partial charge is 0.255 e. The number of hydrogen-bond acceptors (Lipinski definition) is 1. The van der Waals surface area contributed by atoms with E-state index in [0.717, 1.165) is 10.2 Å². The van der Waals surface area contributed by atoms with Crippen LogP contribution in [0.3, 0.4) is 0 Å². The van der Waals surface area contributed by atoms with Crippen LogP contribution in [0, 0.1) is 13.8 Å². The lowest BCUT2D eigenvalue weighted by atomic mass is 10.0. The average molecular weight is 262 g/mol. The molecule has 0 aliphatic heterocycles. The van der Waals surface area contributed by atoms with Gasteiger partial charge in [-0.05, 0) is 47.5 Å². The summed E-state index contributed by atoms with van der Waals surface area (Å²) >= 11 is 3.52. The van der Waals surface area contributed by atoms with Gasteiger partial charge in [-0.1, -0.05) is 23.8 Å². The van der Waals surface area contributed by atoms with Crippen molar-refractivity contribution < 1.29 is 0 Å². The maximum atomic E-state index is 4.39. The van der Waals surface area contributed by atoms with Crippen LogP contribution in [-0.2, 0) is 0 Å². The van der Waals surface area contributed by atoms with E-state index in [0.29, 0.717) is 0 Å². The van der Waals surface area contributed by atoms with Gasteiger partial charge >= 0.3 is 0 Å². The molecule has 15 heavy (non-hydrogen) atoms. The number of nitrogens with zero attached hydrogens (tertiary/aromatic N) is 1. The predicted molar refractivity (Wildman–Crippen MR) is 66.8 cm³/mol. The van der Waals surface area contributed by atoms with Crippen molar-refractivity contribution in [2.75, 3.05) is 0 Å². The number of aromatic nitrogens is 1. The topological polar surface area (TPSA) is 12.9 Å². The standard InChI is InChI=1S/C13H12BrN/c1-9-5-6-11(10(2)8-9)13-12(14)4-3-7-15-13/h3-8H,1-2H3. The molecule has 1 nitrogen and oxygen atoms in total. The molecule has 0 atom stereocenters. The van der Waals surface area contributed by atoms with E-state index in [1.54, 1.807) is 0 Å². The van der Waals surface area contributed by atoms with E-state index in [2.05, 4.69) is 53.0 Å². The minimum Gasteiger partial charge on any atom is -0.255 e. The lowest BCUT2D eigenvalue weighted by molar-refractivity contribution is 1.28. The number of hydrogen-bond donors (Lipinski definition) is 0. The third kappa shape index (κ3) is 2.10. The second kappa shape index (κ2) is 4.15. The first-order valence-electron chi connectivity index (χ1n) is 4.86. The molecular formula is C13H12BrN. The van der Waals surface area contributed by atoms with Crippen molar-refractivity contribution in [1.82, 2.24) is 4.98 Å². The molecule has 0 unspecified atom stereocenters. The van der Waals surface area contributed by atoms with Crippen molar-refractivity contribution in [1.29, 1.82) is 0 Å². The first-order valence-corrected chi connectivity index (χ1v) is 5.66. The molecule has 1 aromatic heterocycles. The molecule has 76 valence electrons. The van der Waals surface area contributed by atoms with Crippen LogP contribution in [0.4, 0.5) is 0 Å². The van der Waals surface area contributed by atoms with Crippen molar-refractivity contribution in [3.63, 3.8) is 0 Å². The molecule has 0 amide bonds. The molecule has 0 N–H and O–H groups in total. The smallest absolute Gasteiger partial charge is 0.0846 e. The van der Waals surface area contributed by atoms with Gasteiger partial charge in [0, 0.05) is 16.2 Å². The summed E-state index contributed by atoms with van der Waals surface area (Å²) in [6.45, 7) is 4.22. The second-order valence-electron chi connectivity index (χ2n) is 3.65. The molecule has 1 aromatic carbocycles. The zero-order valence-corrected chi connectivity index (χ0v) is 10.4. The van der Waals surface area contributed by atoms with Gasteiger partial charge < -0.3 is 0 Å². The van der Waals surface area contributed by atoms with Gasteiger partial charge in [0.05, 0.1) is 5.69 Å². The Hall–Kier alpha value is -1.15. The normalized spacial score (nSPS) is 10.3. The highest BCUT2D eigenvalue weighted by Gasteiger charge is 2.06. The van der Waals surface area contributed by atoms with Crippen molar-refractivity contribution in [3.05, 3.63) is 52.1 Å². The molecule has 0 fully saturated rings. The number of rotatable bonds is 1. The first-order chi connectivity index (χ1) is 7.18. The Balaban J connectivity index is 2.60. The van der Waals surface area contributed by atoms with Gasteiger partial charge in [-0.2, -0.15) is 0 Å². The first kappa shape index (κ1) is 10.4. The van der Waals surface area contributed by atoms with Gasteiger partial charge in [0.25, 0.3) is 0 Å². The van der Waals surface area contributed by atoms with Crippen molar-refractivity contribution in [2.24, 2.45) is 0 Å². The highest BCUT2D eigenvalue weighted by Crippen LogP contribution is 2.28. The van der Waals surface area contributed by atoms with E-state index in [9.17, 15) is 0 Å². The predicted octanol–water partition coefficient (Wildman–Crippen LogP) is 4.13. The quantitative estimate of drug-likeness (QED) is 0.753. The molecule has 1 heterocycles. The average Bonchev–Trinajstić information content (AvgIpc) is 2.20. The van der Waals surface area contributed by atoms with Gasteiger partial charge in [-0.3, -0.25) is 4.98 Å². The van der Waals surface area contributed by atoms with E-state index >= 15 is 0 Å². The number of pyridine rings is 1. The summed E-state index contributed by atoms with van der Waals surface area (Å²) in [4.78, 5) is 4.39. The van der Waals surface area contributed by atoms with Gasteiger partial charge in [-0.15, -0.1) is 0 Å². The van der Waals surface area contributed by atoms with Crippen molar-refractivity contribution in [3.8, 4) is 11.3 Å². The minimum atomic E-state index is 1.01. The van der Waals surface area contributed by atoms with Crippen molar-refractivity contribution >= 4 is 15.9 Å². The molecule has 0 saturated carbocycles. The van der Waals surface area contributed by atoms with Crippen LogP contribution < -0.4 is 0 Å². The van der Waals surface area contributed by atoms with E-state index in [4.69, 9.17) is 0 Å². The maximum Gasteiger partial charge on any atom is 0.0846 e. The lowest BCUT2D eigenvalue weighted by Gasteiger charge is -2.07. The number of benzene rings is 1. The zero-order valence-electron chi connectivity index (χ0n) is 8.79. The van der Waals surface area contributed by atoms with Gasteiger partial charge in [0.15, 0.2) is 0 Å². The lowest BCUT2D eigenvalue weighted by Crippen LogP contribution is -1.88. The molecule has 0 aliphatic carbocycles. The summed E-state index contributed by atoms with van der Waals surface area (Å²) in [5.74, 6) is 0. The Morgan fingerprint density at radius 1 is 1.13 bits per heavy atom. The molecule has 0 aliphatic rings. The fourth-order valence-electron chi connectivity index (χ4n) is 1.66. The van der Waals surface area contributed by atoms with Gasteiger partial charge in [0.1, 0.15) is 0 Å². The Morgan fingerprint density at radius 2 is 1.93 bits per heavy atom. The molecule has 2 aromatic rings. The van der Waals surface area contributed by atoms with Crippen LogP contribution in [0.15, 0.2) is 41.0 Å². The number of aryl methyl sites for hydroxylation is 2. The molecule has 2 heteroatoms. The van der Waals surface area contributed by atoms with E-state index in [1.165, 1.54) is 16.7 Å². The SMILES string of the molecule is Cc1ccc(-c2ncccc2Br)c(C)c1.